The van der Waals surface area contributed by atoms with Crippen molar-refractivity contribution in [3.05, 3.63) is 0 Å². The summed E-state index contributed by atoms with van der Waals surface area (Å²) in [5.41, 5.74) is -0.298. The van der Waals surface area contributed by atoms with Crippen LogP contribution in [0, 0.1) is 40.4 Å². The summed E-state index contributed by atoms with van der Waals surface area (Å²) >= 11 is 0. The van der Waals surface area contributed by atoms with Crippen molar-refractivity contribution in [1.29, 1.82) is 0 Å². The van der Waals surface area contributed by atoms with E-state index in [9.17, 15) is 19.5 Å². The number of aliphatic hydroxyl groups excluding tert-OH is 1. The first-order valence-corrected chi connectivity index (χ1v) is 11.0. The summed E-state index contributed by atoms with van der Waals surface area (Å²) in [4.78, 5) is 37.4. The van der Waals surface area contributed by atoms with Crippen molar-refractivity contribution in [2.75, 3.05) is 6.61 Å². The maximum Gasteiger partial charge on any atom is 0.303 e. The van der Waals surface area contributed by atoms with Gasteiger partial charge >= 0.3 is 5.97 Å². The minimum absolute atomic E-state index is 0.000393. The van der Waals surface area contributed by atoms with Crippen LogP contribution in [0.4, 0.5) is 0 Å². The van der Waals surface area contributed by atoms with Crippen molar-refractivity contribution in [3.8, 4) is 0 Å². The zero-order chi connectivity index (χ0) is 20.3. The van der Waals surface area contributed by atoms with E-state index in [0.717, 1.165) is 44.9 Å². The Morgan fingerprint density at radius 3 is 2.57 bits per heavy atom. The van der Waals surface area contributed by atoms with Gasteiger partial charge in [0.1, 0.15) is 12.4 Å². The first-order chi connectivity index (χ1) is 13.2. The highest BCUT2D eigenvalue weighted by Gasteiger charge is 2.64. The summed E-state index contributed by atoms with van der Waals surface area (Å²) in [6.07, 6.45) is 6.74. The van der Waals surface area contributed by atoms with E-state index in [-0.39, 0.29) is 41.2 Å². The summed E-state index contributed by atoms with van der Waals surface area (Å²) in [5.74, 6) is 0.971. The molecule has 1 N–H and O–H groups in total. The molecule has 4 fully saturated rings. The van der Waals surface area contributed by atoms with Gasteiger partial charge in [-0.05, 0) is 73.5 Å². The predicted molar refractivity (Wildman–Crippen MR) is 103 cm³/mol. The molecule has 0 radical (unpaired) electrons. The molecule has 5 nitrogen and oxygen atoms in total. The Hall–Kier alpha value is -1.23. The van der Waals surface area contributed by atoms with Crippen molar-refractivity contribution < 1.29 is 24.2 Å². The van der Waals surface area contributed by atoms with Gasteiger partial charge in [-0.3, -0.25) is 14.4 Å². The fourth-order valence-electron chi connectivity index (χ4n) is 7.85. The number of hydrogen-bond acceptors (Lipinski definition) is 5. The lowest BCUT2D eigenvalue weighted by molar-refractivity contribution is -0.163. The summed E-state index contributed by atoms with van der Waals surface area (Å²) in [5, 5.41) is 10.1. The van der Waals surface area contributed by atoms with E-state index in [1.165, 1.54) is 6.92 Å². The van der Waals surface area contributed by atoms with Crippen LogP contribution in [-0.4, -0.2) is 35.4 Å². The Bertz CT molecular complexity index is 686. The first kappa shape index (κ1) is 20.1. The summed E-state index contributed by atoms with van der Waals surface area (Å²) in [7, 11) is 0. The van der Waals surface area contributed by atoms with Crippen LogP contribution in [0.5, 0.6) is 0 Å². The Kier molecular flexibility index (Phi) is 4.96. The molecule has 0 aromatic carbocycles. The third-order valence-electron chi connectivity index (χ3n) is 9.13. The van der Waals surface area contributed by atoms with Crippen LogP contribution >= 0.6 is 0 Å². The lowest BCUT2D eigenvalue weighted by Gasteiger charge is -2.59. The molecule has 5 heteroatoms. The van der Waals surface area contributed by atoms with Crippen molar-refractivity contribution in [2.24, 2.45) is 40.4 Å². The topological polar surface area (TPSA) is 80.7 Å². The zero-order valence-electron chi connectivity index (χ0n) is 17.4. The van der Waals surface area contributed by atoms with Crippen molar-refractivity contribution in [3.63, 3.8) is 0 Å². The van der Waals surface area contributed by atoms with E-state index in [1.54, 1.807) is 0 Å². The minimum Gasteiger partial charge on any atom is -0.458 e. The highest BCUT2D eigenvalue weighted by Crippen LogP contribution is 2.66. The lowest BCUT2D eigenvalue weighted by Crippen LogP contribution is -2.58. The molecule has 0 aromatic heterocycles. The summed E-state index contributed by atoms with van der Waals surface area (Å²) < 4.78 is 4.97. The molecule has 0 aromatic rings. The Morgan fingerprint density at radius 2 is 1.86 bits per heavy atom. The zero-order valence-corrected chi connectivity index (χ0v) is 17.4. The average Bonchev–Trinajstić information content (AvgIpc) is 2.96. The third kappa shape index (κ3) is 2.96. The fraction of sp³-hybridized carbons (Fsp3) is 0.870. The van der Waals surface area contributed by atoms with Gasteiger partial charge in [-0.15, -0.1) is 0 Å². The molecule has 8 atom stereocenters. The van der Waals surface area contributed by atoms with Gasteiger partial charge in [0.2, 0.25) is 0 Å². The third-order valence-corrected chi connectivity index (χ3v) is 9.13. The van der Waals surface area contributed by atoms with E-state index in [2.05, 4.69) is 13.8 Å². The molecule has 0 saturated heterocycles. The SMILES string of the molecule is CC(=O)OCC(=O)[C@@H]1CC[C@@H]2[C@@H]3CC[C@H]4C[C@H](O)CC[C@]4(C)[C@@H]3C(=O)C[C@]21C. The van der Waals surface area contributed by atoms with Crippen LogP contribution in [0.25, 0.3) is 0 Å². The number of ketones is 2. The van der Waals surface area contributed by atoms with Crippen LogP contribution in [0.2, 0.25) is 0 Å². The van der Waals surface area contributed by atoms with Crippen LogP contribution in [0.15, 0.2) is 0 Å². The average molecular weight is 391 g/mol. The Labute approximate surface area is 167 Å². The number of ether oxygens (including phenoxy) is 1. The molecule has 4 rings (SSSR count). The maximum absolute atomic E-state index is 13.5. The number of esters is 1. The largest absolute Gasteiger partial charge is 0.458 e. The maximum atomic E-state index is 13.5. The second-order valence-electron chi connectivity index (χ2n) is 10.5. The van der Waals surface area contributed by atoms with Crippen LogP contribution in [0.3, 0.4) is 0 Å². The molecule has 0 bridgehead atoms. The summed E-state index contributed by atoms with van der Waals surface area (Å²) in [6.45, 7) is 5.58. The van der Waals surface area contributed by atoms with E-state index < -0.39 is 5.97 Å². The number of rotatable bonds is 3. The van der Waals surface area contributed by atoms with Gasteiger partial charge in [0.25, 0.3) is 0 Å². The highest BCUT2D eigenvalue weighted by atomic mass is 16.5. The highest BCUT2D eigenvalue weighted by molar-refractivity contribution is 5.89. The molecule has 0 unspecified atom stereocenters. The first-order valence-electron chi connectivity index (χ1n) is 11.0. The number of aliphatic hydroxyl groups is 1. The van der Waals surface area contributed by atoms with E-state index in [1.807, 2.05) is 0 Å². The standard InChI is InChI=1S/C23H34O5/c1-13(24)28-12-20(27)18-7-6-17-16-5-4-14-10-15(25)8-9-22(14,2)21(16)19(26)11-23(17,18)3/h14-18,21,25H,4-12H2,1-3H3/t14-,15+,16-,17+,18-,21-,22-,23+/m0/s1. The number of carbonyl (C=O) groups is 3. The molecule has 28 heavy (non-hydrogen) atoms. The quantitative estimate of drug-likeness (QED) is 0.748. The Balaban J connectivity index is 1.58. The number of fused-ring (bicyclic) bond motifs is 5. The number of Topliss-reactive ketones (excluding diaryl/α,β-unsaturated/α-hetero) is 2. The van der Waals surface area contributed by atoms with Crippen molar-refractivity contribution in [1.82, 2.24) is 0 Å². The molecule has 4 aliphatic carbocycles. The van der Waals surface area contributed by atoms with Crippen LogP contribution < -0.4 is 0 Å². The smallest absolute Gasteiger partial charge is 0.303 e. The number of carbonyl (C=O) groups excluding carboxylic acids is 3. The van der Waals surface area contributed by atoms with Gasteiger partial charge in [0, 0.05) is 25.2 Å². The van der Waals surface area contributed by atoms with Gasteiger partial charge in [-0.2, -0.15) is 0 Å². The lowest BCUT2D eigenvalue weighted by atomic mass is 9.44. The molecule has 0 heterocycles. The normalized spacial score (nSPS) is 47.6. The summed E-state index contributed by atoms with van der Waals surface area (Å²) in [6, 6.07) is 0. The van der Waals surface area contributed by atoms with Gasteiger partial charge in [0.05, 0.1) is 6.10 Å². The monoisotopic (exact) mass is 390 g/mol. The molecule has 0 amide bonds. The van der Waals surface area contributed by atoms with Gasteiger partial charge < -0.3 is 9.84 Å². The predicted octanol–water partition coefficient (Wildman–Crippen LogP) is 3.32. The van der Waals surface area contributed by atoms with E-state index >= 15 is 0 Å². The molecule has 0 spiro atoms. The van der Waals surface area contributed by atoms with Gasteiger partial charge in [-0.25, -0.2) is 0 Å². The molecule has 0 aliphatic heterocycles. The Morgan fingerprint density at radius 1 is 1.11 bits per heavy atom. The second-order valence-corrected chi connectivity index (χ2v) is 10.5. The van der Waals surface area contributed by atoms with E-state index in [4.69, 9.17) is 4.74 Å². The van der Waals surface area contributed by atoms with Gasteiger partial charge in [-0.1, -0.05) is 13.8 Å². The van der Waals surface area contributed by atoms with E-state index in [0.29, 0.717) is 30.0 Å². The molecular formula is C23H34O5. The van der Waals surface area contributed by atoms with Gasteiger partial charge in [0.15, 0.2) is 5.78 Å². The molecule has 4 aliphatic rings. The number of hydrogen-bond donors (Lipinski definition) is 1. The van der Waals surface area contributed by atoms with Crippen LogP contribution in [0.1, 0.15) is 72.1 Å². The molecule has 156 valence electrons. The fourth-order valence-corrected chi connectivity index (χ4v) is 7.85. The molecular weight excluding hydrogens is 356 g/mol. The minimum atomic E-state index is -0.432. The molecule has 4 saturated carbocycles. The van der Waals surface area contributed by atoms with Crippen LogP contribution in [-0.2, 0) is 19.1 Å². The van der Waals surface area contributed by atoms with Crippen molar-refractivity contribution in [2.45, 2.75) is 78.2 Å². The van der Waals surface area contributed by atoms with Crippen molar-refractivity contribution >= 4 is 17.5 Å². The second kappa shape index (κ2) is 6.93.